The molecule has 1 heterocycles. The van der Waals surface area contributed by atoms with Gasteiger partial charge in [0.15, 0.2) is 0 Å². The molecule has 0 atom stereocenters. The number of H-pyrrole nitrogens is 1. The monoisotopic (exact) mass is 292 g/mol. The normalized spacial score (nSPS) is 29.1. The Morgan fingerprint density at radius 2 is 1.95 bits per heavy atom. The minimum absolute atomic E-state index is 0.0381. The fourth-order valence-electron chi connectivity index (χ4n) is 2.84. The molecule has 0 aromatic carbocycles. The number of amides is 1. The van der Waals surface area contributed by atoms with E-state index in [0.29, 0.717) is 24.7 Å². The lowest BCUT2D eigenvalue weighted by Gasteiger charge is -2.36. The first-order chi connectivity index (χ1) is 10.00. The SMILES string of the molecule is CC1CCC(NC(=O)c2n[nH]c(C3CC3)n2)(C(=O)O)CC1. The number of carbonyl (C=O) groups excluding carboxylic acids is 1. The van der Waals surface area contributed by atoms with Crippen molar-refractivity contribution in [3.63, 3.8) is 0 Å². The van der Waals surface area contributed by atoms with E-state index in [2.05, 4.69) is 27.4 Å². The molecule has 1 amide bonds. The molecular weight excluding hydrogens is 272 g/mol. The summed E-state index contributed by atoms with van der Waals surface area (Å²) in [6.07, 6.45) is 4.63. The quantitative estimate of drug-likeness (QED) is 0.778. The summed E-state index contributed by atoms with van der Waals surface area (Å²) < 4.78 is 0. The van der Waals surface area contributed by atoms with Crippen LogP contribution in [0.5, 0.6) is 0 Å². The van der Waals surface area contributed by atoms with Crippen LogP contribution in [-0.4, -0.2) is 37.7 Å². The van der Waals surface area contributed by atoms with Crippen LogP contribution in [0.4, 0.5) is 0 Å². The molecule has 21 heavy (non-hydrogen) atoms. The van der Waals surface area contributed by atoms with Crippen molar-refractivity contribution in [1.29, 1.82) is 0 Å². The highest BCUT2D eigenvalue weighted by atomic mass is 16.4. The molecule has 3 rings (SSSR count). The number of nitrogens with one attached hydrogen (secondary N) is 2. The average Bonchev–Trinajstić information content (AvgIpc) is 3.18. The van der Waals surface area contributed by atoms with Crippen molar-refractivity contribution in [1.82, 2.24) is 20.5 Å². The lowest BCUT2D eigenvalue weighted by Crippen LogP contribution is -2.56. The van der Waals surface area contributed by atoms with Crippen molar-refractivity contribution < 1.29 is 14.7 Å². The van der Waals surface area contributed by atoms with E-state index >= 15 is 0 Å². The van der Waals surface area contributed by atoms with E-state index in [1.807, 2.05) is 0 Å². The first-order valence-electron chi connectivity index (χ1n) is 7.48. The fourth-order valence-corrected chi connectivity index (χ4v) is 2.84. The molecule has 7 nitrogen and oxygen atoms in total. The molecule has 2 fully saturated rings. The van der Waals surface area contributed by atoms with Gasteiger partial charge in [0, 0.05) is 5.92 Å². The first-order valence-corrected chi connectivity index (χ1v) is 7.48. The predicted octanol–water partition coefficient (Wildman–Crippen LogP) is 1.45. The van der Waals surface area contributed by atoms with Gasteiger partial charge in [-0.15, -0.1) is 5.10 Å². The predicted molar refractivity (Wildman–Crippen MR) is 73.8 cm³/mol. The van der Waals surface area contributed by atoms with Crippen molar-refractivity contribution in [3.05, 3.63) is 11.6 Å². The molecule has 0 spiro atoms. The molecule has 0 aliphatic heterocycles. The topological polar surface area (TPSA) is 108 Å². The largest absolute Gasteiger partial charge is 0.480 e. The zero-order valence-corrected chi connectivity index (χ0v) is 12.1. The molecule has 2 aliphatic rings. The van der Waals surface area contributed by atoms with Gasteiger partial charge in [-0.1, -0.05) is 6.92 Å². The minimum Gasteiger partial charge on any atom is -0.480 e. The van der Waals surface area contributed by atoms with Crippen LogP contribution in [0.1, 0.15) is 67.8 Å². The maximum absolute atomic E-state index is 12.2. The third-order valence-electron chi connectivity index (χ3n) is 4.56. The average molecular weight is 292 g/mol. The van der Waals surface area contributed by atoms with Gasteiger partial charge >= 0.3 is 5.97 Å². The van der Waals surface area contributed by atoms with E-state index in [4.69, 9.17) is 0 Å². The summed E-state index contributed by atoms with van der Waals surface area (Å²) in [5, 5.41) is 18.8. The minimum atomic E-state index is -1.18. The van der Waals surface area contributed by atoms with Crippen LogP contribution in [-0.2, 0) is 4.79 Å². The molecule has 3 N–H and O–H groups in total. The highest BCUT2D eigenvalue weighted by Gasteiger charge is 2.43. The van der Waals surface area contributed by atoms with Gasteiger partial charge in [-0.25, -0.2) is 9.78 Å². The van der Waals surface area contributed by atoms with Gasteiger partial charge in [-0.05, 0) is 44.4 Å². The molecule has 7 heteroatoms. The van der Waals surface area contributed by atoms with Crippen LogP contribution in [0, 0.1) is 5.92 Å². The molecule has 0 saturated heterocycles. The maximum atomic E-state index is 12.2. The van der Waals surface area contributed by atoms with Crippen LogP contribution < -0.4 is 5.32 Å². The Balaban J connectivity index is 1.72. The number of aromatic nitrogens is 3. The highest BCUT2D eigenvalue weighted by Crippen LogP contribution is 2.38. The summed E-state index contributed by atoms with van der Waals surface area (Å²) in [6.45, 7) is 2.10. The Morgan fingerprint density at radius 3 is 2.52 bits per heavy atom. The summed E-state index contributed by atoms with van der Waals surface area (Å²) >= 11 is 0. The van der Waals surface area contributed by atoms with Gasteiger partial charge in [0.25, 0.3) is 5.91 Å². The molecule has 2 saturated carbocycles. The highest BCUT2D eigenvalue weighted by molar-refractivity contribution is 5.95. The summed E-state index contributed by atoms with van der Waals surface area (Å²) in [5.41, 5.74) is -1.18. The Kier molecular flexibility index (Phi) is 3.43. The van der Waals surface area contributed by atoms with Crippen molar-refractivity contribution in [3.8, 4) is 0 Å². The molecule has 0 bridgehead atoms. The maximum Gasteiger partial charge on any atom is 0.329 e. The molecular formula is C14H20N4O3. The van der Waals surface area contributed by atoms with E-state index in [1.165, 1.54) is 0 Å². The number of aliphatic carboxylic acids is 1. The number of nitrogens with zero attached hydrogens (tertiary/aromatic N) is 2. The number of carboxylic acids is 1. The lowest BCUT2D eigenvalue weighted by molar-refractivity contribution is -0.146. The number of hydrogen-bond donors (Lipinski definition) is 3. The first kappa shape index (κ1) is 14.0. The molecule has 114 valence electrons. The van der Waals surface area contributed by atoms with E-state index in [9.17, 15) is 14.7 Å². The van der Waals surface area contributed by atoms with Crippen LogP contribution >= 0.6 is 0 Å². The van der Waals surface area contributed by atoms with E-state index in [0.717, 1.165) is 31.5 Å². The van der Waals surface area contributed by atoms with Crippen molar-refractivity contribution >= 4 is 11.9 Å². The Bertz CT molecular complexity index is 556. The van der Waals surface area contributed by atoms with Gasteiger partial charge in [-0.2, -0.15) is 0 Å². The third-order valence-corrected chi connectivity index (χ3v) is 4.56. The number of carbonyl (C=O) groups is 2. The van der Waals surface area contributed by atoms with E-state index in [-0.39, 0.29) is 5.82 Å². The Morgan fingerprint density at radius 1 is 1.29 bits per heavy atom. The van der Waals surface area contributed by atoms with Crippen molar-refractivity contribution in [2.24, 2.45) is 5.92 Å². The lowest BCUT2D eigenvalue weighted by atomic mass is 9.77. The second kappa shape index (κ2) is 5.13. The van der Waals surface area contributed by atoms with Gasteiger partial charge < -0.3 is 10.4 Å². The number of hydrogen-bond acceptors (Lipinski definition) is 4. The van der Waals surface area contributed by atoms with Crippen LogP contribution in [0.2, 0.25) is 0 Å². The standard InChI is InChI=1S/C14H20N4O3/c1-8-4-6-14(7-5-8,13(20)21)16-12(19)11-15-10(17-18-11)9-2-3-9/h8-9H,2-7H2,1H3,(H,16,19)(H,20,21)(H,15,17,18). The van der Waals surface area contributed by atoms with Gasteiger partial charge in [0.05, 0.1) is 0 Å². The van der Waals surface area contributed by atoms with Crippen LogP contribution in [0.25, 0.3) is 0 Å². The van der Waals surface area contributed by atoms with Crippen LogP contribution in [0.3, 0.4) is 0 Å². The zero-order valence-electron chi connectivity index (χ0n) is 12.1. The van der Waals surface area contributed by atoms with Gasteiger partial charge in [-0.3, -0.25) is 9.89 Å². The second-order valence-electron chi connectivity index (χ2n) is 6.34. The molecule has 2 aliphatic carbocycles. The molecule has 0 radical (unpaired) electrons. The van der Waals surface area contributed by atoms with Crippen LogP contribution in [0.15, 0.2) is 0 Å². The number of aromatic amines is 1. The Hall–Kier alpha value is -1.92. The smallest absolute Gasteiger partial charge is 0.329 e. The summed E-state index contributed by atoms with van der Waals surface area (Å²) in [4.78, 5) is 28.0. The molecule has 1 aromatic rings. The fraction of sp³-hybridized carbons (Fsp3) is 0.714. The van der Waals surface area contributed by atoms with Gasteiger partial charge in [0.2, 0.25) is 5.82 Å². The van der Waals surface area contributed by atoms with E-state index < -0.39 is 17.4 Å². The Labute approximate surface area is 122 Å². The molecule has 0 unspecified atom stereocenters. The number of carboxylic acid groups (broad SMARTS) is 1. The van der Waals surface area contributed by atoms with Crippen molar-refractivity contribution in [2.75, 3.05) is 0 Å². The zero-order chi connectivity index (χ0) is 15.0. The second-order valence-corrected chi connectivity index (χ2v) is 6.34. The third kappa shape index (κ3) is 2.77. The van der Waals surface area contributed by atoms with E-state index in [1.54, 1.807) is 0 Å². The molecule has 1 aromatic heterocycles. The number of rotatable bonds is 4. The van der Waals surface area contributed by atoms with Gasteiger partial charge in [0.1, 0.15) is 11.4 Å². The summed E-state index contributed by atoms with van der Waals surface area (Å²) in [5.74, 6) is 0.163. The summed E-state index contributed by atoms with van der Waals surface area (Å²) in [6, 6.07) is 0. The van der Waals surface area contributed by atoms with Crippen molar-refractivity contribution in [2.45, 2.75) is 56.9 Å². The summed E-state index contributed by atoms with van der Waals surface area (Å²) in [7, 11) is 0.